The van der Waals surface area contributed by atoms with Gasteiger partial charge in [0.25, 0.3) is 5.56 Å². The Morgan fingerprint density at radius 1 is 1.16 bits per heavy atom. The number of piperazine rings is 1. The van der Waals surface area contributed by atoms with Crippen LogP contribution in [-0.4, -0.2) is 81.8 Å². The van der Waals surface area contributed by atoms with Gasteiger partial charge in [-0.3, -0.25) is 14.3 Å². The maximum atomic E-state index is 13.4. The number of halogens is 5. The van der Waals surface area contributed by atoms with E-state index in [1.54, 1.807) is 17.9 Å². The van der Waals surface area contributed by atoms with Gasteiger partial charge in [0.2, 0.25) is 5.91 Å². The van der Waals surface area contributed by atoms with Gasteiger partial charge in [-0.05, 0) is 19.1 Å². The topological polar surface area (TPSA) is 118 Å². The van der Waals surface area contributed by atoms with Crippen molar-refractivity contribution in [3.63, 3.8) is 0 Å². The van der Waals surface area contributed by atoms with Gasteiger partial charge in [0.05, 0.1) is 43.6 Å². The van der Waals surface area contributed by atoms with Gasteiger partial charge in [-0.1, -0.05) is 0 Å². The molecule has 0 saturated carbocycles. The van der Waals surface area contributed by atoms with E-state index in [9.17, 15) is 31.5 Å². The number of nitrogens with one attached hydrogen (secondary N) is 1. The van der Waals surface area contributed by atoms with Gasteiger partial charge in [0.1, 0.15) is 17.0 Å². The molecule has 4 heterocycles. The van der Waals surface area contributed by atoms with Crippen LogP contribution in [0.4, 0.5) is 27.8 Å². The summed E-state index contributed by atoms with van der Waals surface area (Å²) in [5, 5.41) is 8.54. The van der Waals surface area contributed by atoms with Crippen LogP contribution in [0, 0.1) is 0 Å². The fourth-order valence-corrected chi connectivity index (χ4v) is 4.10. The Balaban J connectivity index is 1.25. The minimum Gasteiger partial charge on any atom is -0.433 e. The zero-order valence-electron chi connectivity index (χ0n) is 20.1. The van der Waals surface area contributed by atoms with E-state index < -0.39 is 35.5 Å². The zero-order valence-corrected chi connectivity index (χ0v) is 20.1. The number of carbonyl (C=O) groups excluding carboxylic acids is 1. The number of aromatic amines is 1. The smallest absolute Gasteiger partial charge is 0.433 e. The monoisotopic (exact) mass is 545 g/mol. The van der Waals surface area contributed by atoms with Gasteiger partial charge in [0, 0.05) is 26.2 Å². The number of rotatable bonds is 9. The number of carbonyl (C=O) groups is 1. The van der Waals surface area contributed by atoms with E-state index in [0.717, 1.165) is 10.9 Å². The number of nitrogens with zero attached hydrogens (tertiary/aromatic N) is 6. The Kier molecular flexibility index (Phi) is 8.08. The molecule has 1 aliphatic heterocycles. The first-order valence-electron chi connectivity index (χ1n) is 11.6. The molecule has 1 fully saturated rings. The molecule has 11 nitrogen and oxygen atoms in total. The fraction of sp³-hybridized carbons (Fsp3) is 0.500. The molecule has 1 atom stereocenters. The van der Waals surface area contributed by atoms with Crippen molar-refractivity contribution in [2.45, 2.75) is 32.2 Å². The van der Waals surface area contributed by atoms with Crippen molar-refractivity contribution >= 4 is 22.6 Å². The maximum absolute atomic E-state index is 13.4. The van der Waals surface area contributed by atoms with Crippen molar-refractivity contribution in [1.82, 2.24) is 29.9 Å². The van der Waals surface area contributed by atoms with Gasteiger partial charge in [-0.15, -0.1) is 0 Å². The number of pyridine rings is 1. The van der Waals surface area contributed by atoms with E-state index in [0.29, 0.717) is 32.0 Å². The number of hydrogen-bond acceptors (Lipinski definition) is 8. The highest BCUT2D eigenvalue weighted by Gasteiger charge is 2.38. The molecule has 38 heavy (non-hydrogen) atoms. The number of H-pyrrole nitrogens is 1. The molecule has 0 radical (unpaired) electrons. The summed E-state index contributed by atoms with van der Waals surface area (Å²) in [6.45, 7) is 0.481. The molecule has 4 rings (SSSR count). The van der Waals surface area contributed by atoms with Gasteiger partial charge in [-0.25, -0.2) is 10.1 Å². The zero-order chi connectivity index (χ0) is 27.4. The van der Waals surface area contributed by atoms with Crippen LogP contribution >= 0.6 is 0 Å². The minimum atomic E-state index is -4.82. The third kappa shape index (κ3) is 6.17. The van der Waals surface area contributed by atoms with Crippen LogP contribution in [-0.2, 0) is 15.7 Å². The van der Waals surface area contributed by atoms with Crippen molar-refractivity contribution in [3.05, 3.63) is 40.6 Å². The number of aromatic nitrogens is 5. The van der Waals surface area contributed by atoms with Crippen LogP contribution in [0.3, 0.4) is 0 Å². The lowest BCUT2D eigenvalue weighted by atomic mass is 10.2. The molecule has 0 aliphatic carbocycles. The summed E-state index contributed by atoms with van der Waals surface area (Å²) in [5.41, 5.74) is -2.37. The molecule has 3 aromatic rings. The lowest BCUT2D eigenvalue weighted by Gasteiger charge is -2.35. The Hall–Kier alpha value is -3.82. The fourth-order valence-electron chi connectivity index (χ4n) is 4.10. The first kappa shape index (κ1) is 27.2. The van der Waals surface area contributed by atoms with Crippen molar-refractivity contribution in [2.75, 3.05) is 44.3 Å². The van der Waals surface area contributed by atoms with E-state index in [1.165, 1.54) is 12.3 Å². The highest BCUT2D eigenvalue weighted by atomic mass is 19.4. The van der Waals surface area contributed by atoms with Crippen molar-refractivity contribution in [3.8, 4) is 5.75 Å². The van der Waals surface area contributed by atoms with Crippen molar-refractivity contribution in [1.29, 1.82) is 0 Å². The molecule has 1 N–H and O–H groups in total. The molecule has 1 amide bonds. The van der Waals surface area contributed by atoms with Crippen LogP contribution < -0.4 is 15.2 Å². The third-order valence-electron chi connectivity index (χ3n) is 5.94. The molecule has 16 heteroatoms. The second kappa shape index (κ2) is 11.3. The number of amides is 1. The lowest BCUT2D eigenvalue weighted by Crippen LogP contribution is -2.49. The Bertz CT molecular complexity index is 1300. The quantitative estimate of drug-likeness (QED) is 0.322. The van der Waals surface area contributed by atoms with Crippen LogP contribution in [0.2, 0.25) is 0 Å². The standard InChI is InChI=1S/C22H24F5N7O4/c1-13(34-15-11-29-30-20(36)18(15)19(31-34)22(25,26)27)12-37-9-4-17(35)33-7-5-32(6-8-33)16-3-2-14(10-28-16)38-21(23)24/h2-3,10-11,13,21H,4-9,12H2,1H3,(H,30,36). The minimum absolute atomic E-state index is 0.0424. The summed E-state index contributed by atoms with van der Waals surface area (Å²) in [7, 11) is 0. The van der Waals surface area contributed by atoms with Gasteiger partial charge >= 0.3 is 12.8 Å². The van der Waals surface area contributed by atoms with Gasteiger partial charge < -0.3 is 19.3 Å². The third-order valence-corrected chi connectivity index (χ3v) is 5.94. The van der Waals surface area contributed by atoms with Crippen molar-refractivity contribution < 1.29 is 36.2 Å². The Labute approximate surface area is 212 Å². The summed E-state index contributed by atoms with van der Waals surface area (Å²) in [6, 6.07) is 2.30. The predicted molar refractivity (Wildman–Crippen MR) is 123 cm³/mol. The normalized spacial score (nSPS) is 15.3. The number of anilines is 1. The van der Waals surface area contributed by atoms with Gasteiger partial charge in [-0.2, -0.15) is 32.1 Å². The molecular weight excluding hydrogens is 521 g/mol. The second-order valence-corrected chi connectivity index (χ2v) is 8.52. The number of ether oxygens (including phenoxy) is 2. The predicted octanol–water partition coefficient (Wildman–Crippen LogP) is 2.45. The first-order chi connectivity index (χ1) is 18.0. The largest absolute Gasteiger partial charge is 0.435 e. The van der Waals surface area contributed by atoms with Crippen LogP contribution in [0.1, 0.15) is 25.1 Å². The van der Waals surface area contributed by atoms with Crippen LogP contribution in [0.25, 0.3) is 10.9 Å². The molecule has 206 valence electrons. The molecular formula is C22H24F5N7O4. The molecule has 1 saturated heterocycles. The first-order valence-corrected chi connectivity index (χ1v) is 11.6. The number of alkyl halides is 5. The maximum Gasteiger partial charge on any atom is 0.435 e. The average molecular weight is 545 g/mol. The highest BCUT2D eigenvalue weighted by molar-refractivity contribution is 5.80. The van der Waals surface area contributed by atoms with E-state index >= 15 is 0 Å². The van der Waals surface area contributed by atoms with Crippen LogP contribution in [0.15, 0.2) is 29.3 Å². The van der Waals surface area contributed by atoms with E-state index in [4.69, 9.17) is 4.74 Å². The van der Waals surface area contributed by atoms with E-state index in [2.05, 4.69) is 19.9 Å². The molecule has 1 unspecified atom stereocenters. The summed E-state index contributed by atoms with van der Waals surface area (Å²) in [6.07, 6.45) is -2.45. The van der Waals surface area contributed by atoms with Crippen LogP contribution in [0.5, 0.6) is 5.75 Å². The number of hydrogen-bond donors (Lipinski definition) is 1. The van der Waals surface area contributed by atoms with E-state index in [1.807, 2.05) is 10.00 Å². The Morgan fingerprint density at radius 2 is 1.89 bits per heavy atom. The average Bonchev–Trinajstić information content (AvgIpc) is 3.28. The van der Waals surface area contributed by atoms with Crippen molar-refractivity contribution in [2.24, 2.45) is 0 Å². The Morgan fingerprint density at radius 3 is 2.53 bits per heavy atom. The second-order valence-electron chi connectivity index (χ2n) is 8.52. The number of fused-ring (bicyclic) bond motifs is 1. The highest BCUT2D eigenvalue weighted by Crippen LogP contribution is 2.33. The van der Waals surface area contributed by atoms with E-state index in [-0.39, 0.29) is 36.8 Å². The SMILES string of the molecule is CC(COCCC(=O)N1CCN(c2ccc(OC(F)F)cn2)CC1)n1nc(C(F)(F)F)c2c(=O)[nH]ncc21. The molecule has 0 bridgehead atoms. The summed E-state index contributed by atoms with van der Waals surface area (Å²) in [5.74, 6) is 0.386. The molecule has 1 aliphatic rings. The summed E-state index contributed by atoms with van der Waals surface area (Å²) >= 11 is 0. The summed E-state index contributed by atoms with van der Waals surface area (Å²) < 4.78 is 75.5. The lowest BCUT2D eigenvalue weighted by molar-refractivity contribution is -0.140. The van der Waals surface area contributed by atoms with Gasteiger partial charge in [0.15, 0.2) is 5.69 Å². The molecule has 0 spiro atoms. The molecule has 3 aromatic heterocycles. The summed E-state index contributed by atoms with van der Waals surface area (Å²) in [4.78, 5) is 32.2. The molecule has 0 aromatic carbocycles.